The van der Waals surface area contributed by atoms with E-state index in [1.807, 2.05) is 32.9 Å². The van der Waals surface area contributed by atoms with Crippen LogP contribution in [0.4, 0.5) is 0 Å². The number of rotatable bonds is 4. The second-order valence-corrected chi connectivity index (χ2v) is 6.02. The fraction of sp³-hybridized carbons (Fsp3) is 0.333. The maximum absolute atomic E-state index is 12.7. The van der Waals surface area contributed by atoms with E-state index in [2.05, 4.69) is 21.0 Å². The van der Waals surface area contributed by atoms with Gasteiger partial charge >= 0.3 is 0 Å². The van der Waals surface area contributed by atoms with Crippen LogP contribution < -0.4 is 0 Å². The zero-order valence-electron chi connectivity index (χ0n) is 11.7. The highest BCUT2D eigenvalue weighted by Gasteiger charge is 2.20. The molecule has 1 heterocycles. The van der Waals surface area contributed by atoms with E-state index in [0.717, 1.165) is 22.0 Å². The SMILES string of the molecule is CCCn1ncc(Cl)c1C(=O)c1cc(C)c(Br)c(C)c1. The van der Waals surface area contributed by atoms with Gasteiger partial charge in [-0.15, -0.1) is 0 Å². The quantitative estimate of drug-likeness (QED) is 0.754. The Morgan fingerprint density at radius 3 is 2.50 bits per heavy atom. The summed E-state index contributed by atoms with van der Waals surface area (Å²) >= 11 is 9.63. The fourth-order valence-corrected chi connectivity index (χ4v) is 2.64. The van der Waals surface area contributed by atoms with Gasteiger partial charge in [0.1, 0.15) is 5.69 Å². The van der Waals surface area contributed by atoms with E-state index in [9.17, 15) is 4.79 Å². The van der Waals surface area contributed by atoms with E-state index in [1.54, 1.807) is 4.68 Å². The molecule has 0 N–H and O–H groups in total. The van der Waals surface area contributed by atoms with E-state index >= 15 is 0 Å². The van der Waals surface area contributed by atoms with E-state index in [4.69, 9.17) is 11.6 Å². The molecule has 1 aromatic carbocycles. The van der Waals surface area contributed by atoms with Gasteiger partial charge in [-0.05, 0) is 43.5 Å². The highest BCUT2D eigenvalue weighted by Crippen LogP contribution is 2.26. The molecule has 106 valence electrons. The minimum atomic E-state index is -0.0837. The lowest BCUT2D eigenvalue weighted by molar-refractivity contribution is 0.102. The lowest BCUT2D eigenvalue weighted by atomic mass is 10.0. The van der Waals surface area contributed by atoms with Crippen molar-refractivity contribution < 1.29 is 4.79 Å². The summed E-state index contributed by atoms with van der Waals surface area (Å²) in [6.45, 7) is 6.66. The first kappa shape index (κ1) is 15.3. The van der Waals surface area contributed by atoms with Gasteiger partial charge in [0.25, 0.3) is 0 Å². The standard InChI is InChI=1S/C15H16BrClN2O/c1-4-5-19-14(12(17)8-18-19)15(20)11-6-9(2)13(16)10(3)7-11/h6-8H,4-5H2,1-3H3. The number of halogens is 2. The molecule has 20 heavy (non-hydrogen) atoms. The summed E-state index contributed by atoms with van der Waals surface area (Å²) in [7, 11) is 0. The van der Waals surface area contributed by atoms with E-state index < -0.39 is 0 Å². The topological polar surface area (TPSA) is 34.9 Å². The molecule has 0 bridgehead atoms. The Kier molecular flexibility index (Phi) is 4.66. The minimum absolute atomic E-state index is 0.0837. The number of nitrogens with zero attached hydrogens (tertiary/aromatic N) is 2. The Hall–Kier alpha value is -1.13. The van der Waals surface area contributed by atoms with Crippen molar-refractivity contribution in [1.29, 1.82) is 0 Å². The van der Waals surface area contributed by atoms with Crippen molar-refractivity contribution in [2.75, 3.05) is 0 Å². The largest absolute Gasteiger partial charge is 0.287 e. The zero-order chi connectivity index (χ0) is 14.9. The third-order valence-corrected chi connectivity index (χ3v) is 4.67. The van der Waals surface area contributed by atoms with Gasteiger partial charge in [0, 0.05) is 16.6 Å². The molecular formula is C15H16BrClN2O. The van der Waals surface area contributed by atoms with Crippen LogP contribution in [0.25, 0.3) is 0 Å². The fourth-order valence-electron chi connectivity index (χ4n) is 2.18. The summed E-state index contributed by atoms with van der Waals surface area (Å²) in [5, 5.41) is 4.57. The van der Waals surface area contributed by atoms with Gasteiger partial charge in [-0.1, -0.05) is 34.5 Å². The number of hydrogen-bond donors (Lipinski definition) is 0. The lowest BCUT2D eigenvalue weighted by Gasteiger charge is -2.09. The smallest absolute Gasteiger partial charge is 0.212 e. The molecule has 0 amide bonds. The summed E-state index contributed by atoms with van der Waals surface area (Å²) in [4.78, 5) is 12.7. The number of hydrogen-bond acceptors (Lipinski definition) is 2. The maximum Gasteiger partial charge on any atom is 0.212 e. The molecule has 3 nitrogen and oxygen atoms in total. The Morgan fingerprint density at radius 2 is 1.95 bits per heavy atom. The lowest BCUT2D eigenvalue weighted by Crippen LogP contribution is -2.12. The van der Waals surface area contributed by atoms with Gasteiger partial charge in [0.05, 0.1) is 11.2 Å². The van der Waals surface area contributed by atoms with Crippen molar-refractivity contribution in [1.82, 2.24) is 9.78 Å². The van der Waals surface area contributed by atoms with Crippen molar-refractivity contribution in [2.24, 2.45) is 0 Å². The minimum Gasteiger partial charge on any atom is -0.287 e. The van der Waals surface area contributed by atoms with E-state index in [-0.39, 0.29) is 5.78 Å². The number of carbonyl (C=O) groups is 1. The summed E-state index contributed by atoms with van der Waals surface area (Å²) < 4.78 is 2.71. The second-order valence-electron chi connectivity index (χ2n) is 4.82. The molecule has 2 aromatic rings. The number of carbonyl (C=O) groups excluding carboxylic acids is 1. The first-order valence-electron chi connectivity index (χ1n) is 6.48. The Morgan fingerprint density at radius 1 is 1.35 bits per heavy atom. The van der Waals surface area contributed by atoms with Crippen molar-refractivity contribution in [2.45, 2.75) is 33.7 Å². The van der Waals surface area contributed by atoms with Gasteiger partial charge in [0.2, 0.25) is 5.78 Å². The first-order chi connectivity index (χ1) is 9.45. The third-order valence-electron chi connectivity index (χ3n) is 3.14. The van der Waals surface area contributed by atoms with Crippen molar-refractivity contribution in [3.8, 4) is 0 Å². The Bertz CT molecular complexity index is 641. The van der Waals surface area contributed by atoms with Crippen LogP contribution in [0.15, 0.2) is 22.8 Å². The maximum atomic E-state index is 12.7. The van der Waals surface area contributed by atoms with Crippen LogP contribution in [0.1, 0.15) is 40.5 Å². The second kappa shape index (κ2) is 6.10. The monoisotopic (exact) mass is 354 g/mol. The zero-order valence-corrected chi connectivity index (χ0v) is 14.0. The van der Waals surface area contributed by atoms with Gasteiger partial charge in [-0.3, -0.25) is 9.48 Å². The number of aryl methyl sites for hydroxylation is 3. The van der Waals surface area contributed by atoms with Crippen LogP contribution in [0, 0.1) is 13.8 Å². The van der Waals surface area contributed by atoms with Crippen molar-refractivity contribution >= 4 is 33.3 Å². The molecule has 0 unspecified atom stereocenters. The van der Waals surface area contributed by atoms with Gasteiger partial charge in [0.15, 0.2) is 0 Å². The number of aromatic nitrogens is 2. The average molecular weight is 356 g/mol. The molecule has 5 heteroatoms. The van der Waals surface area contributed by atoms with Gasteiger partial charge in [-0.25, -0.2) is 0 Å². The van der Waals surface area contributed by atoms with Crippen LogP contribution >= 0.6 is 27.5 Å². The molecule has 0 radical (unpaired) electrons. The summed E-state index contributed by atoms with van der Waals surface area (Å²) in [5.41, 5.74) is 3.18. The predicted molar refractivity (Wildman–Crippen MR) is 84.6 cm³/mol. The highest BCUT2D eigenvalue weighted by molar-refractivity contribution is 9.10. The summed E-state index contributed by atoms with van der Waals surface area (Å²) in [6, 6.07) is 3.75. The molecule has 0 atom stereocenters. The first-order valence-corrected chi connectivity index (χ1v) is 7.65. The van der Waals surface area contributed by atoms with Crippen molar-refractivity contribution in [3.05, 3.63) is 50.2 Å². The average Bonchev–Trinajstić information content (AvgIpc) is 2.76. The molecule has 0 saturated carbocycles. The molecule has 0 aliphatic heterocycles. The molecular weight excluding hydrogens is 340 g/mol. The van der Waals surface area contributed by atoms with Gasteiger partial charge in [-0.2, -0.15) is 5.10 Å². The molecule has 0 fully saturated rings. The molecule has 0 saturated heterocycles. The van der Waals surface area contributed by atoms with Crippen LogP contribution in [-0.4, -0.2) is 15.6 Å². The molecule has 2 rings (SSSR count). The van der Waals surface area contributed by atoms with Crippen LogP contribution in [0.2, 0.25) is 5.02 Å². The third kappa shape index (κ3) is 2.81. The van der Waals surface area contributed by atoms with Crippen molar-refractivity contribution in [3.63, 3.8) is 0 Å². The Labute approximate surface area is 132 Å². The summed E-state index contributed by atoms with van der Waals surface area (Å²) in [5.74, 6) is -0.0837. The Balaban J connectivity index is 2.49. The number of ketones is 1. The van der Waals surface area contributed by atoms with Crippen LogP contribution in [0.3, 0.4) is 0 Å². The van der Waals surface area contributed by atoms with Crippen LogP contribution in [-0.2, 0) is 6.54 Å². The predicted octanol–water partition coefficient (Wildman–Crippen LogP) is 4.56. The molecule has 0 spiro atoms. The molecule has 0 aliphatic carbocycles. The highest BCUT2D eigenvalue weighted by atomic mass is 79.9. The normalized spacial score (nSPS) is 10.8. The van der Waals surface area contributed by atoms with Crippen LogP contribution in [0.5, 0.6) is 0 Å². The number of benzene rings is 1. The summed E-state index contributed by atoms with van der Waals surface area (Å²) in [6.07, 6.45) is 2.43. The van der Waals surface area contributed by atoms with Gasteiger partial charge < -0.3 is 0 Å². The van der Waals surface area contributed by atoms with E-state index in [0.29, 0.717) is 22.8 Å². The molecule has 0 aliphatic rings. The molecule has 1 aromatic heterocycles. The van der Waals surface area contributed by atoms with E-state index in [1.165, 1.54) is 6.20 Å².